The first-order valence-corrected chi connectivity index (χ1v) is 9.17. The summed E-state index contributed by atoms with van der Waals surface area (Å²) in [7, 11) is 1.69. The van der Waals surface area contributed by atoms with Gasteiger partial charge in [-0.3, -0.25) is 9.59 Å². The number of hydrogen-bond acceptors (Lipinski definition) is 7. The molecule has 9 nitrogen and oxygen atoms in total. The van der Waals surface area contributed by atoms with E-state index in [4.69, 9.17) is 10.5 Å². The lowest BCUT2D eigenvalue weighted by Gasteiger charge is -2.40. The zero-order valence-electron chi connectivity index (χ0n) is 16.4. The van der Waals surface area contributed by atoms with Crippen LogP contribution in [0.15, 0.2) is 17.1 Å². The lowest BCUT2D eigenvalue weighted by Crippen LogP contribution is -2.44. The standard InChI is InChI=1S/C19H24N6O3.ClH/c1-19(28-2)3-7-25(8-4-19)16-12-9-14(18(27)22-6-5-20)23-11-15(12)24-17(26)13(16)10-21;/h9,11H,3-8,20H2,1-2H3,(H,22,27)(H,24,26);1H. The average Bonchev–Trinajstić information content (AvgIpc) is 2.71. The predicted molar refractivity (Wildman–Crippen MR) is 113 cm³/mol. The van der Waals surface area contributed by atoms with E-state index in [0.29, 0.717) is 42.8 Å². The second kappa shape index (κ2) is 9.22. The summed E-state index contributed by atoms with van der Waals surface area (Å²) in [6.07, 6.45) is 2.97. The van der Waals surface area contributed by atoms with Crippen molar-refractivity contribution in [2.75, 3.05) is 38.2 Å². The Morgan fingerprint density at radius 3 is 2.76 bits per heavy atom. The number of pyridine rings is 2. The number of carbonyl (C=O) groups excluding carboxylic acids is 1. The molecule has 156 valence electrons. The van der Waals surface area contributed by atoms with Gasteiger partial charge in [-0.25, -0.2) is 4.98 Å². The van der Waals surface area contributed by atoms with Crippen LogP contribution in [-0.4, -0.2) is 54.8 Å². The Bertz CT molecular complexity index is 992. The van der Waals surface area contributed by atoms with E-state index in [1.165, 1.54) is 6.20 Å². The fourth-order valence-corrected chi connectivity index (χ4v) is 3.42. The van der Waals surface area contributed by atoms with Gasteiger partial charge < -0.3 is 25.7 Å². The van der Waals surface area contributed by atoms with E-state index in [1.807, 2.05) is 11.0 Å². The minimum Gasteiger partial charge on any atom is -0.378 e. The Balaban J connectivity index is 0.00000300. The van der Waals surface area contributed by atoms with Gasteiger partial charge in [0.15, 0.2) is 0 Å². The maximum atomic E-state index is 12.4. The lowest BCUT2D eigenvalue weighted by molar-refractivity contribution is -0.0132. The van der Waals surface area contributed by atoms with Crippen LogP contribution in [0.5, 0.6) is 0 Å². The van der Waals surface area contributed by atoms with Crippen molar-refractivity contribution in [1.29, 1.82) is 5.26 Å². The molecule has 2 aromatic rings. The summed E-state index contributed by atoms with van der Waals surface area (Å²) < 4.78 is 5.59. The van der Waals surface area contributed by atoms with Crippen molar-refractivity contribution in [3.8, 4) is 6.07 Å². The van der Waals surface area contributed by atoms with Crippen molar-refractivity contribution in [2.45, 2.75) is 25.4 Å². The highest BCUT2D eigenvalue weighted by Gasteiger charge is 2.32. The van der Waals surface area contributed by atoms with Gasteiger partial charge in [0.25, 0.3) is 11.5 Å². The van der Waals surface area contributed by atoms with Gasteiger partial charge in [-0.2, -0.15) is 5.26 Å². The smallest absolute Gasteiger partial charge is 0.269 e. The number of nitrogens with zero attached hydrogens (tertiary/aromatic N) is 3. The zero-order valence-corrected chi connectivity index (χ0v) is 17.3. The Morgan fingerprint density at radius 2 is 2.17 bits per heavy atom. The molecule has 1 amide bonds. The van der Waals surface area contributed by atoms with Crippen molar-refractivity contribution < 1.29 is 9.53 Å². The summed E-state index contributed by atoms with van der Waals surface area (Å²) in [5.41, 5.74) is 5.99. The van der Waals surface area contributed by atoms with Crippen LogP contribution in [0.4, 0.5) is 5.69 Å². The molecule has 0 bridgehead atoms. The number of hydrogen-bond donors (Lipinski definition) is 3. The monoisotopic (exact) mass is 420 g/mol. The van der Waals surface area contributed by atoms with E-state index in [0.717, 1.165) is 12.8 Å². The van der Waals surface area contributed by atoms with Crippen molar-refractivity contribution >= 4 is 34.9 Å². The fraction of sp³-hybridized carbons (Fsp3) is 0.474. The second-order valence-electron chi connectivity index (χ2n) is 7.09. The molecular formula is C19H25ClN6O3. The summed E-state index contributed by atoms with van der Waals surface area (Å²) in [4.78, 5) is 33.5. The molecule has 0 unspecified atom stereocenters. The zero-order chi connectivity index (χ0) is 20.3. The van der Waals surface area contributed by atoms with Crippen LogP contribution in [0.2, 0.25) is 0 Å². The molecule has 0 radical (unpaired) electrons. The summed E-state index contributed by atoms with van der Waals surface area (Å²) in [6, 6.07) is 3.63. The number of methoxy groups -OCH3 is 1. The van der Waals surface area contributed by atoms with Gasteiger partial charge >= 0.3 is 0 Å². The number of nitrogens with two attached hydrogens (primary N) is 1. The molecule has 10 heteroatoms. The van der Waals surface area contributed by atoms with Crippen LogP contribution >= 0.6 is 12.4 Å². The number of rotatable bonds is 5. The first-order chi connectivity index (χ1) is 13.4. The van der Waals surface area contributed by atoms with E-state index in [-0.39, 0.29) is 35.2 Å². The minimum absolute atomic E-state index is 0. The number of fused-ring (bicyclic) bond motifs is 1. The number of carbonyl (C=O) groups is 1. The number of aromatic amines is 1. The van der Waals surface area contributed by atoms with Gasteiger partial charge in [-0.05, 0) is 25.8 Å². The van der Waals surface area contributed by atoms with Crippen LogP contribution in [0, 0.1) is 11.3 Å². The number of ether oxygens (including phenoxy) is 1. The first kappa shape index (κ1) is 22.6. The second-order valence-corrected chi connectivity index (χ2v) is 7.09. The third-order valence-electron chi connectivity index (χ3n) is 5.28. The van der Waals surface area contributed by atoms with Crippen LogP contribution in [0.1, 0.15) is 35.8 Å². The highest BCUT2D eigenvalue weighted by Crippen LogP contribution is 2.33. The van der Waals surface area contributed by atoms with Gasteiger partial charge in [0.1, 0.15) is 17.3 Å². The molecule has 2 aromatic heterocycles. The molecule has 0 saturated carbocycles. The molecule has 4 N–H and O–H groups in total. The van der Waals surface area contributed by atoms with E-state index < -0.39 is 5.56 Å². The van der Waals surface area contributed by atoms with Gasteiger partial charge in [0, 0.05) is 38.7 Å². The molecule has 1 aliphatic heterocycles. The number of anilines is 1. The van der Waals surface area contributed by atoms with Gasteiger partial charge in [0.2, 0.25) is 0 Å². The number of aromatic nitrogens is 2. The van der Waals surface area contributed by atoms with Crippen molar-refractivity contribution in [1.82, 2.24) is 15.3 Å². The fourth-order valence-electron chi connectivity index (χ4n) is 3.42. The number of halogens is 1. The topological polar surface area (TPSA) is 137 Å². The number of H-pyrrole nitrogens is 1. The van der Waals surface area contributed by atoms with E-state index in [2.05, 4.69) is 22.2 Å². The summed E-state index contributed by atoms with van der Waals surface area (Å²) in [5, 5.41) is 12.9. The molecule has 0 aliphatic carbocycles. The largest absolute Gasteiger partial charge is 0.378 e. The molecule has 3 heterocycles. The lowest BCUT2D eigenvalue weighted by atomic mass is 9.92. The molecule has 0 spiro atoms. The summed E-state index contributed by atoms with van der Waals surface area (Å²) in [5.74, 6) is -0.353. The van der Waals surface area contributed by atoms with E-state index in [9.17, 15) is 14.9 Å². The number of piperidine rings is 1. The van der Waals surface area contributed by atoms with Crippen molar-refractivity contribution in [2.24, 2.45) is 5.73 Å². The molecule has 1 fully saturated rings. The van der Waals surface area contributed by atoms with Crippen LogP contribution < -0.4 is 21.5 Å². The van der Waals surface area contributed by atoms with E-state index >= 15 is 0 Å². The maximum absolute atomic E-state index is 12.4. The Hall–Kier alpha value is -2.67. The SMILES string of the molecule is COC1(C)CCN(c2c(C#N)c(=O)[nH]c3cnc(C(=O)NCCN)cc23)CC1.Cl. The molecule has 3 rings (SSSR count). The van der Waals surface area contributed by atoms with Crippen LogP contribution in [0.3, 0.4) is 0 Å². The highest BCUT2D eigenvalue weighted by molar-refractivity contribution is 6.00. The number of nitriles is 1. The first-order valence-electron chi connectivity index (χ1n) is 9.17. The number of nitrogens with one attached hydrogen (secondary N) is 2. The molecular weight excluding hydrogens is 396 g/mol. The van der Waals surface area contributed by atoms with Gasteiger partial charge in [-0.15, -0.1) is 12.4 Å². The van der Waals surface area contributed by atoms with Crippen molar-refractivity contribution in [3.05, 3.63) is 33.9 Å². The van der Waals surface area contributed by atoms with Gasteiger partial charge in [-0.1, -0.05) is 0 Å². The quantitative estimate of drug-likeness (QED) is 0.653. The average molecular weight is 421 g/mol. The third kappa shape index (κ3) is 4.50. The molecule has 0 atom stereocenters. The van der Waals surface area contributed by atoms with Crippen LogP contribution in [0.25, 0.3) is 10.9 Å². The summed E-state index contributed by atoms with van der Waals surface area (Å²) >= 11 is 0. The predicted octanol–water partition coefficient (Wildman–Crippen LogP) is 0.910. The third-order valence-corrected chi connectivity index (χ3v) is 5.28. The maximum Gasteiger partial charge on any atom is 0.269 e. The molecule has 1 aliphatic rings. The Morgan fingerprint density at radius 1 is 1.48 bits per heavy atom. The molecule has 29 heavy (non-hydrogen) atoms. The number of amides is 1. The van der Waals surface area contributed by atoms with Gasteiger partial charge in [0.05, 0.1) is 23.0 Å². The minimum atomic E-state index is -0.466. The molecule has 0 aromatic carbocycles. The Labute approximate surface area is 174 Å². The normalized spacial score (nSPS) is 15.4. The van der Waals surface area contributed by atoms with Crippen molar-refractivity contribution in [3.63, 3.8) is 0 Å². The Kier molecular flexibility index (Phi) is 7.19. The van der Waals surface area contributed by atoms with E-state index in [1.54, 1.807) is 13.2 Å². The summed E-state index contributed by atoms with van der Waals surface area (Å²) in [6.45, 7) is 3.98. The highest BCUT2D eigenvalue weighted by atomic mass is 35.5. The molecule has 1 saturated heterocycles. The van der Waals surface area contributed by atoms with Crippen LogP contribution in [-0.2, 0) is 4.74 Å².